The first kappa shape index (κ1) is 24.1. The van der Waals surface area contributed by atoms with Gasteiger partial charge in [0.25, 0.3) is 0 Å². The van der Waals surface area contributed by atoms with E-state index in [0.29, 0.717) is 19.4 Å². The summed E-state index contributed by atoms with van der Waals surface area (Å²) in [5.41, 5.74) is 3.15. The highest BCUT2D eigenvalue weighted by atomic mass is 32.1. The van der Waals surface area contributed by atoms with Crippen LogP contribution in [0.25, 0.3) is 0 Å². The van der Waals surface area contributed by atoms with E-state index in [0.717, 1.165) is 41.7 Å². The molecule has 0 aliphatic heterocycles. The average molecular weight is 476 g/mol. The van der Waals surface area contributed by atoms with Crippen molar-refractivity contribution in [3.8, 4) is 0 Å². The summed E-state index contributed by atoms with van der Waals surface area (Å²) in [5.74, 6) is -0.127. The van der Waals surface area contributed by atoms with Gasteiger partial charge in [-0.1, -0.05) is 55.2 Å². The number of nitrogens with one attached hydrogen (secondary N) is 1. The highest BCUT2D eigenvalue weighted by molar-refractivity contribution is 7.10. The van der Waals surface area contributed by atoms with E-state index in [1.807, 2.05) is 35.7 Å². The van der Waals surface area contributed by atoms with Crippen LogP contribution >= 0.6 is 11.3 Å². The Kier molecular flexibility index (Phi) is 8.47. The van der Waals surface area contributed by atoms with E-state index >= 15 is 0 Å². The Bertz CT molecular complexity index is 1060. The smallest absolute Gasteiger partial charge is 0.247 e. The van der Waals surface area contributed by atoms with Crippen LogP contribution in [0.2, 0.25) is 0 Å². The number of pyridine rings is 1. The second-order valence-corrected chi connectivity index (χ2v) is 10.1. The topological polar surface area (TPSA) is 62.3 Å². The minimum atomic E-state index is -0.679. The van der Waals surface area contributed by atoms with Crippen molar-refractivity contribution in [1.82, 2.24) is 15.2 Å². The van der Waals surface area contributed by atoms with E-state index in [1.54, 1.807) is 28.6 Å². The quantitative estimate of drug-likeness (QED) is 0.459. The summed E-state index contributed by atoms with van der Waals surface area (Å²) in [7, 11) is 0. The molecule has 1 atom stereocenters. The van der Waals surface area contributed by atoms with Crippen LogP contribution in [0.4, 0.5) is 0 Å². The van der Waals surface area contributed by atoms with Gasteiger partial charge in [-0.3, -0.25) is 14.6 Å². The molecule has 1 saturated carbocycles. The third-order valence-electron chi connectivity index (χ3n) is 6.48. The molecule has 2 heterocycles. The van der Waals surface area contributed by atoms with E-state index in [2.05, 4.69) is 35.4 Å². The first-order valence-electron chi connectivity index (χ1n) is 12.2. The second kappa shape index (κ2) is 11.9. The summed E-state index contributed by atoms with van der Waals surface area (Å²) in [4.78, 5) is 34.3. The predicted molar refractivity (Wildman–Crippen MR) is 137 cm³/mol. The van der Waals surface area contributed by atoms with Crippen LogP contribution in [0.15, 0.2) is 66.3 Å². The summed E-state index contributed by atoms with van der Waals surface area (Å²) < 4.78 is 0. The molecular formula is C28H33N3O2S. The van der Waals surface area contributed by atoms with Gasteiger partial charge in [0.2, 0.25) is 11.8 Å². The summed E-state index contributed by atoms with van der Waals surface area (Å²) >= 11 is 1.57. The van der Waals surface area contributed by atoms with Gasteiger partial charge in [0.1, 0.15) is 6.04 Å². The largest absolute Gasteiger partial charge is 0.351 e. The lowest BCUT2D eigenvalue weighted by atomic mass is 9.94. The van der Waals surface area contributed by atoms with Gasteiger partial charge in [0.15, 0.2) is 0 Å². The Morgan fingerprint density at radius 2 is 1.88 bits per heavy atom. The molecule has 0 unspecified atom stereocenters. The Hall–Kier alpha value is -2.99. The molecule has 5 nitrogen and oxygen atoms in total. The summed E-state index contributed by atoms with van der Waals surface area (Å²) in [5, 5.41) is 5.25. The molecule has 1 N–H and O–H groups in total. The molecule has 0 saturated heterocycles. The number of rotatable bonds is 9. The maximum absolute atomic E-state index is 13.7. The molecule has 3 aromatic rings. The fourth-order valence-corrected chi connectivity index (χ4v) is 5.42. The lowest BCUT2D eigenvalue weighted by molar-refractivity contribution is -0.140. The fourth-order valence-electron chi connectivity index (χ4n) is 4.72. The molecule has 6 heteroatoms. The predicted octanol–water partition coefficient (Wildman–Crippen LogP) is 5.26. The van der Waals surface area contributed by atoms with Crippen molar-refractivity contribution in [3.63, 3.8) is 0 Å². The molecule has 0 bridgehead atoms. The van der Waals surface area contributed by atoms with Crippen molar-refractivity contribution in [2.24, 2.45) is 0 Å². The number of hydrogen-bond donors (Lipinski definition) is 1. The fraction of sp³-hybridized carbons (Fsp3) is 0.393. The van der Waals surface area contributed by atoms with E-state index in [4.69, 9.17) is 0 Å². The number of amides is 2. The lowest BCUT2D eigenvalue weighted by Crippen LogP contribution is -2.48. The van der Waals surface area contributed by atoms with Crippen molar-refractivity contribution in [3.05, 3.63) is 87.9 Å². The minimum Gasteiger partial charge on any atom is -0.351 e. The second-order valence-electron chi connectivity index (χ2n) is 9.11. The number of thiophene rings is 1. The first-order chi connectivity index (χ1) is 16.6. The van der Waals surface area contributed by atoms with Crippen LogP contribution < -0.4 is 5.32 Å². The Morgan fingerprint density at radius 1 is 1.09 bits per heavy atom. The molecule has 0 radical (unpaired) electrons. The van der Waals surface area contributed by atoms with Crippen LogP contribution in [-0.4, -0.2) is 34.3 Å². The normalized spacial score (nSPS) is 15.0. The third kappa shape index (κ3) is 6.54. The van der Waals surface area contributed by atoms with Crippen molar-refractivity contribution >= 4 is 23.2 Å². The van der Waals surface area contributed by atoms with E-state index < -0.39 is 6.04 Å². The van der Waals surface area contributed by atoms with Gasteiger partial charge in [0.05, 0.1) is 6.42 Å². The third-order valence-corrected chi connectivity index (χ3v) is 7.36. The molecule has 1 aliphatic rings. The highest BCUT2D eigenvalue weighted by Crippen LogP contribution is 2.25. The molecule has 0 spiro atoms. The molecule has 4 rings (SSSR count). The minimum absolute atomic E-state index is 0.0318. The van der Waals surface area contributed by atoms with Crippen LogP contribution in [-0.2, 0) is 22.4 Å². The molecular weight excluding hydrogens is 442 g/mol. The van der Waals surface area contributed by atoms with Gasteiger partial charge in [-0.15, -0.1) is 11.3 Å². The number of hydrogen-bond acceptors (Lipinski definition) is 4. The number of nitrogens with zero attached hydrogens (tertiary/aromatic N) is 2. The maximum Gasteiger partial charge on any atom is 0.247 e. The standard InChI is InChI=1S/C28H33N3O2S/c1-21-7-5-8-22(19-21)14-17-31(26(32)20-25-11-6-18-34-25)27(23-12-15-29-16-13-23)28(33)30-24-9-3-2-4-10-24/h5-8,11-13,15-16,18-19,24,27H,2-4,9-10,14,17,20H2,1H3,(H,30,33)/t27-/m1/s1. The molecule has 1 aromatic carbocycles. The van der Waals surface area contributed by atoms with E-state index in [1.165, 1.54) is 12.0 Å². The average Bonchev–Trinajstić information content (AvgIpc) is 3.36. The SMILES string of the molecule is Cc1cccc(CCN(C(=O)Cc2cccs2)[C@@H](C(=O)NC2CCCCC2)c2ccncc2)c1. The van der Waals surface area contributed by atoms with Gasteiger partial charge >= 0.3 is 0 Å². The molecule has 1 fully saturated rings. The van der Waals surface area contributed by atoms with Crippen LogP contribution in [0.5, 0.6) is 0 Å². The van der Waals surface area contributed by atoms with Crippen LogP contribution in [0.3, 0.4) is 0 Å². The summed E-state index contributed by atoms with van der Waals surface area (Å²) in [6.07, 6.45) is 9.88. The zero-order chi connectivity index (χ0) is 23.8. The van der Waals surface area contributed by atoms with Gasteiger partial charge < -0.3 is 10.2 Å². The van der Waals surface area contributed by atoms with Gasteiger partial charge in [-0.2, -0.15) is 0 Å². The van der Waals surface area contributed by atoms with E-state index in [-0.39, 0.29) is 17.9 Å². The van der Waals surface area contributed by atoms with Crippen molar-refractivity contribution in [2.75, 3.05) is 6.54 Å². The molecule has 2 aromatic heterocycles. The molecule has 2 amide bonds. The molecule has 178 valence electrons. The van der Waals surface area contributed by atoms with Crippen LogP contribution in [0, 0.1) is 6.92 Å². The summed E-state index contributed by atoms with van der Waals surface area (Å²) in [6, 6.07) is 15.5. The van der Waals surface area contributed by atoms with E-state index in [9.17, 15) is 9.59 Å². The van der Waals surface area contributed by atoms with Crippen molar-refractivity contribution in [1.29, 1.82) is 0 Å². The summed E-state index contributed by atoms with van der Waals surface area (Å²) in [6.45, 7) is 2.54. The Labute approximate surface area is 206 Å². The first-order valence-corrected chi connectivity index (χ1v) is 13.1. The van der Waals surface area contributed by atoms with Gasteiger partial charge in [0, 0.05) is 29.9 Å². The highest BCUT2D eigenvalue weighted by Gasteiger charge is 2.32. The maximum atomic E-state index is 13.7. The number of aryl methyl sites for hydroxylation is 1. The zero-order valence-electron chi connectivity index (χ0n) is 19.8. The monoisotopic (exact) mass is 475 g/mol. The Balaban J connectivity index is 1.62. The van der Waals surface area contributed by atoms with Gasteiger partial charge in [-0.25, -0.2) is 0 Å². The van der Waals surface area contributed by atoms with Crippen molar-refractivity contribution < 1.29 is 9.59 Å². The Morgan fingerprint density at radius 3 is 2.59 bits per heavy atom. The molecule has 34 heavy (non-hydrogen) atoms. The van der Waals surface area contributed by atoms with Gasteiger partial charge in [-0.05, 0) is 60.9 Å². The number of carbonyl (C=O) groups excluding carboxylic acids is 2. The number of benzene rings is 1. The number of aromatic nitrogens is 1. The molecule has 1 aliphatic carbocycles. The van der Waals surface area contributed by atoms with Crippen LogP contribution in [0.1, 0.15) is 59.7 Å². The number of carbonyl (C=O) groups is 2. The zero-order valence-corrected chi connectivity index (χ0v) is 20.6. The lowest BCUT2D eigenvalue weighted by Gasteiger charge is -2.33. The van der Waals surface area contributed by atoms with Crippen molar-refractivity contribution in [2.45, 2.75) is 64.0 Å².